The Hall–Kier alpha value is -0.730. The minimum Gasteiger partial charge on any atom is -0.335 e. The average molecular weight is 240 g/mol. The number of nitrogens with one attached hydrogen (secondary N) is 2. The molecule has 100 valence electrons. The van der Waals surface area contributed by atoms with E-state index in [-0.39, 0.29) is 17.5 Å². The summed E-state index contributed by atoms with van der Waals surface area (Å²) in [4.78, 5) is 11.9. The van der Waals surface area contributed by atoms with Gasteiger partial charge in [-0.3, -0.25) is 0 Å². The minimum atomic E-state index is -0.00817. The van der Waals surface area contributed by atoms with Gasteiger partial charge in [-0.05, 0) is 31.1 Å². The lowest BCUT2D eigenvalue weighted by Crippen LogP contribution is -2.51. The van der Waals surface area contributed by atoms with Crippen LogP contribution in [0.1, 0.15) is 60.3 Å². The molecule has 1 aliphatic rings. The molecule has 1 aliphatic carbocycles. The zero-order chi connectivity index (χ0) is 13.1. The summed E-state index contributed by atoms with van der Waals surface area (Å²) in [6.07, 6.45) is 4.90. The van der Waals surface area contributed by atoms with Crippen molar-refractivity contribution in [2.24, 2.45) is 11.3 Å². The smallest absolute Gasteiger partial charge is 0.315 e. The van der Waals surface area contributed by atoms with Crippen molar-refractivity contribution < 1.29 is 4.79 Å². The quantitative estimate of drug-likeness (QED) is 0.764. The number of hydrogen-bond acceptors (Lipinski definition) is 1. The fourth-order valence-corrected chi connectivity index (χ4v) is 2.15. The van der Waals surface area contributed by atoms with Crippen LogP contribution >= 0.6 is 0 Å². The van der Waals surface area contributed by atoms with Crippen molar-refractivity contribution in [1.29, 1.82) is 0 Å². The van der Waals surface area contributed by atoms with Gasteiger partial charge < -0.3 is 10.6 Å². The summed E-state index contributed by atoms with van der Waals surface area (Å²) in [6.45, 7) is 10.7. The van der Waals surface area contributed by atoms with Gasteiger partial charge in [-0.1, -0.05) is 40.5 Å². The summed E-state index contributed by atoms with van der Waals surface area (Å²) < 4.78 is 0. The van der Waals surface area contributed by atoms with E-state index in [1.807, 2.05) is 0 Å². The Morgan fingerprint density at radius 3 is 2.35 bits per heavy atom. The van der Waals surface area contributed by atoms with Gasteiger partial charge in [0.05, 0.1) is 0 Å². The Kier molecular flexibility index (Phi) is 4.84. The second-order valence-corrected chi connectivity index (χ2v) is 6.57. The SMILES string of the molecule is C[C@@H]1CCCC[C@@H]1NC(=O)N[C@@H](C)C(C)(C)C. The third kappa shape index (κ3) is 4.57. The van der Waals surface area contributed by atoms with Gasteiger partial charge in [0.25, 0.3) is 0 Å². The van der Waals surface area contributed by atoms with E-state index in [1.54, 1.807) is 0 Å². The minimum absolute atomic E-state index is 0.00817. The number of urea groups is 1. The highest BCUT2D eigenvalue weighted by Gasteiger charge is 2.25. The topological polar surface area (TPSA) is 41.1 Å². The molecule has 1 fully saturated rings. The van der Waals surface area contributed by atoms with E-state index in [4.69, 9.17) is 0 Å². The van der Waals surface area contributed by atoms with Crippen LogP contribution in [0.3, 0.4) is 0 Å². The zero-order valence-electron chi connectivity index (χ0n) is 12.0. The predicted octanol–water partition coefficient (Wildman–Crippen LogP) is 3.30. The summed E-state index contributed by atoms with van der Waals surface area (Å²) >= 11 is 0. The molecule has 0 bridgehead atoms. The molecule has 0 saturated heterocycles. The van der Waals surface area contributed by atoms with Crippen molar-refractivity contribution in [2.75, 3.05) is 0 Å². The van der Waals surface area contributed by atoms with E-state index in [9.17, 15) is 4.79 Å². The van der Waals surface area contributed by atoms with E-state index < -0.39 is 0 Å². The third-order valence-corrected chi connectivity index (χ3v) is 4.07. The molecule has 0 spiro atoms. The molecule has 2 N–H and O–H groups in total. The molecule has 0 aromatic rings. The van der Waals surface area contributed by atoms with Gasteiger partial charge >= 0.3 is 6.03 Å². The van der Waals surface area contributed by atoms with Crippen LogP contribution in [-0.4, -0.2) is 18.1 Å². The number of carbonyl (C=O) groups excluding carboxylic acids is 1. The second kappa shape index (κ2) is 5.74. The molecule has 3 atom stereocenters. The lowest BCUT2D eigenvalue weighted by molar-refractivity contribution is 0.206. The summed E-state index contributed by atoms with van der Waals surface area (Å²) in [7, 11) is 0. The molecule has 0 aromatic heterocycles. The van der Waals surface area contributed by atoms with Crippen LogP contribution in [0.4, 0.5) is 4.79 Å². The van der Waals surface area contributed by atoms with E-state index >= 15 is 0 Å². The Bertz CT molecular complexity index is 257. The number of amides is 2. The molecule has 2 amide bonds. The van der Waals surface area contributed by atoms with Crippen LogP contribution in [0.5, 0.6) is 0 Å². The van der Waals surface area contributed by atoms with E-state index in [0.29, 0.717) is 12.0 Å². The molecule has 3 heteroatoms. The van der Waals surface area contributed by atoms with Crippen LogP contribution in [0, 0.1) is 11.3 Å². The van der Waals surface area contributed by atoms with Crippen molar-refractivity contribution in [3.8, 4) is 0 Å². The number of hydrogen-bond donors (Lipinski definition) is 2. The van der Waals surface area contributed by atoms with Crippen molar-refractivity contribution in [2.45, 2.75) is 72.4 Å². The Balaban J connectivity index is 2.38. The van der Waals surface area contributed by atoms with Crippen LogP contribution in [0.25, 0.3) is 0 Å². The molecule has 0 aliphatic heterocycles. The predicted molar refractivity (Wildman–Crippen MR) is 72.0 cm³/mol. The highest BCUT2D eigenvalue weighted by atomic mass is 16.2. The Morgan fingerprint density at radius 1 is 1.24 bits per heavy atom. The zero-order valence-corrected chi connectivity index (χ0v) is 12.0. The van der Waals surface area contributed by atoms with Crippen LogP contribution in [0.15, 0.2) is 0 Å². The third-order valence-electron chi connectivity index (χ3n) is 4.07. The van der Waals surface area contributed by atoms with Crippen molar-refractivity contribution in [3.63, 3.8) is 0 Å². The van der Waals surface area contributed by atoms with Crippen LogP contribution in [-0.2, 0) is 0 Å². The normalized spacial score (nSPS) is 27.4. The van der Waals surface area contributed by atoms with E-state index in [2.05, 4.69) is 45.3 Å². The lowest BCUT2D eigenvalue weighted by Gasteiger charge is -2.32. The van der Waals surface area contributed by atoms with E-state index in [0.717, 1.165) is 6.42 Å². The first-order chi connectivity index (χ1) is 7.80. The molecule has 3 nitrogen and oxygen atoms in total. The molecule has 1 rings (SSSR count). The maximum absolute atomic E-state index is 11.9. The van der Waals surface area contributed by atoms with Gasteiger partial charge in [0.2, 0.25) is 0 Å². The molecule has 1 saturated carbocycles. The molecule has 0 aromatic carbocycles. The van der Waals surface area contributed by atoms with Crippen molar-refractivity contribution in [3.05, 3.63) is 0 Å². The maximum atomic E-state index is 11.9. The summed E-state index contributed by atoms with van der Waals surface area (Å²) in [6, 6.07) is 0.531. The maximum Gasteiger partial charge on any atom is 0.315 e. The molecule has 0 heterocycles. The molecule has 0 unspecified atom stereocenters. The van der Waals surface area contributed by atoms with Crippen molar-refractivity contribution in [1.82, 2.24) is 10.6 Å². The Morgan fingerprint density at radius 2 is 1.82 bits per heavy atom. The van der Waals surface area contributed by atoms with Gasteiger partial charge in [0, 0.05) is 12.1 Å². The summed E-state index contributed by atoms with van der Waals surface area (Å²) in [5, 5.41) is 6.16. The van der Waals surface area contributed by atoms with Crippen molar-refractivity contribution >= 4 is 6.03 Å². The van der Waals surface area contributed by atoms with Gasteiger partial charge in [-0.25, -0.2) is 4.79 Å². The first-order valence-corrected chi connectivity index (χ1v) is 6.87. The number of carbonyl (C=O) groups is 1. The molecule has 17 heavy (non-hydrogen) atoms. The van der Waals surface area contributed by atoms with Gasteiger partial charge in [-0.2, -0.15) is 0 Å². The molecular formula is C14H28N2O. The lowest BCUT2D eigenvalue weighted by atomic mass is 9.86. The van der Waals surface area contributed by atoms with Crippen LogP contribution < -0.4 is 10.6 Å². The molecule has 0 radical (unpaired) electrons. The fourth-order valence-electron chi connectivity index (χ4n) is 2.15. The fraction of sp³-hybridized carbons (Fsp3) is 0.929. The first kappa shape index (κ1) is 14.3. The first-order valence-electron chi connectivity index (χ1n) is 6.87. The average Bonchev–Trinajstić information content (AvgIpc) is 2.20. The number of rotatable bonds is 2. The summed E-state index contributed by atoms with van der Waals surface area (Å²) in [5.74, 6) is 0.611. The monoisotopic (exact) mass is 240 g/mol. The standard InChI is InChI=1S/C14H28N2O/c1-10-8-6-7-9-12(10)16-13(17)15-11(2)14(3,4)5/h10-12H,6-9H2,1-5H3,(H2,15,16,17)/t10-,11+,12+/m1/s1. The highest BCUT2D eigenvalue weighted by Crippen LogP contribution is 2.24. The summed E-state index contributed by atoms with van der Waals surface area (Å²) in [5.41, 5.74) is 0.107. The van der Waals surface area contributed by atoms with E-state index in [1.165, 1.54) is 19.3 Å². The molecular weight excluding hydrogens is 212 g/mol. The van der Waals surface area contributed by atoms with Crippen LogP contribution in [0.2, 0.25) is 0 Å². The highest BCUT2D eigenvalue weighted by molar-refractivity contribution is 5.74. The van der Waals surface area contributed by atoms with Gasteiger partial charge in [0.15, 0.2) is 0 Å². The Labute approximate surface area is 106 Å². The van der Waals surface area contributed by atoms with Gasteiger partial charge in [0.1, 0.15) is 0 Å². The second-order valence-electron chi connectivity index (χ2n) is 6.57. The van der Waals surface area contributed by atoms with Gasteiger partial charge in [-0.15, -0.1) is 0 Å². The largest absolute Gasteiger partial charge is 0.335 e.